The van der Waals surface area contributed by atoms with Crippen molar-refractivity contribution in [3.63, 3.8) is 0 Å². The molecule has 3 atom stereocenters. The van der Waals surface area contributed by atoms with Crippen LogP contribution in [0.1, 0.15) is 34.0 Å². The van der Waals surface area contributed by atoms with Crippen LogP contribution in [0.25, 0.3) is 32.8 Å². The summed E-state index contributed by atoms with van der Waals surface area (Å²) >= 11 is 0. The van der Waals surface area contributed by atoms with Crippen LogP contribution in [0.3, 0.4) is 0 Å². The summed E-state index contributed by atoms with van der Waals surface area (Å²) in [6.45, 7) is 1.51. The molecule has 13 nitrogen and oxygen atoms in total. The molecule has 3 amide bonds. The van der Waals surface area contributed by atoms with Crippen molar-refractivity contribution in [3.8, 4) is 5.75 Å². The lowest BCUT2D eigenvalue weighted by molar-refractivity contribution is -0.148. The van der Waals surface area contributed by atoms with Crippen LogP contribution < -0.4 is 21.6 Å². The fourth-order valence-corrected chi connectivity index (χ4v) is 6.45. The fraction of sp³-hybridized carbons (Fsp3) is 0.167. The monoisotopic (exact) mass is 739 g/mol. The SMILES string of the molecule is C[C@H](NC(=O)[C@H](Cc1c[nH]c2ccccc12)NC(=O)[C@H](Cc1c[nH]c2ccccc12)NC(=O)c1cc2ccc(O)cc2oc1=O)C(=O)OCc1ccccc1. The molecule has 6 N–H and O–H groups in total. The number of aromatic nitrogens is 2. The van der Waals surface area contributed by atoms with Gasteiger partial charge in [-0.2, -0.15) is 0 Å². The Labute approximate surface area is 313 Å². The van der Waals surface area contributed by atoms with Crippen molar-refractivity contribution in [2.75, 3.05) is 0 Å². The summed E-state index contributed by atoms with van der Waals surface area (Å²) in [5.41, 5.74) is 2.61. The number of carbonyl (C=O) groups excluding carboxylic acids is 4. The molecule has 7 aromatic rings. The Hall–Kier alpha value is -7.15. The number of amides is 3. The number of phenols is 1. The van der Waals surface area contributed by atoms with Gasteiger partial charge in [-0.1, -0.05) is 66.7 Å². The van der Waals surface area contributed by atoms with Crippen LogP contribution in [0.15, 0.2) is 125 Å². The van der Waals surface area contributed by atoms with Gasteiger partial charge < -0.3 is 40.2 Å². The topological polar surface area (TPSA) is 196 Å². The number of carbonyl (C=O) groups is 4. The first-order valence-electron chi connectivity index (χ1n) is 17.6. The van der Waals surface area contributed by atoms with Crippen molar-refractivity contribution < 1.29 is 33.4 Å². The van der Waals surface area contributed by atoms with Crippen molar-refractivity contribution in [1.82, 2.24) is 25.9 Å². The molecule has 3 heterocycles. The molecule has 4 aromatic carbocycles. The molecule has 0 spiro atoms. The third kappa shape index (κ3) is 8.25. The molecule has 0 aliphatic rings. The largest absolute Gasteiger partial charge is 0.508 e. The van der Waals surface area contributed by atoms with Gasteiger partial charge in [0, 0.05) is 58.5 Å². The highest BCUT2D eigenvalue weighted by molar-refractivity contribution is 6.00. The fourth-order valence-electron chi connectivity index (χ4n) is 6.45. The average Bonchev–Trinajstić information content (AvgIpc) is 3.80. The zero-order chi connectivity index (χ0) is 38.5. The maximum Gasteiger partial charge on any atom is 0.349 e. The third-order valence-electron chi connectivity index (χ3n) is 9.35. The number of para-hydroxylation sites is 2. The summed E-state index contributed by atoms with van der Waals surface area (Å²) in [6.07, 6.45) is 3.49. The summed E-state index contributed by atoms with van der Waals surface area (Å²) in [4.78, 5) is 74.3. The second kappa shape index (κ2) is 15.8. The third-order valence-corrected chi connectivity index (χ3v) is 9.35. The van der Waals surface area contributed by atoms with Crippen LogP contribution >= 0.6 is 0 Å². The molecule has 0 unspecified atom stereocenters. The van der Waals surface area contributed by atoms with E-state index in [9.17, 15) is 29.1 Å². The van der Waals surface area contributed by atoms with Crippen molar-refractivity contribution in [2.45, 2.75) is 44.5 Å². The quantitative estimate of drug-likeness (QED) is 0.0718. The summed E-state index contributed by atoms with van der Waals surface area (Å²) in [5.74, 6) is -3.03. The first-order valence-corrected chi connectivity index (χ1v) is 17.6. The first-order chi connectivity index (χ1) is 26.6. The van der Waals surface area contributed by atoms with E-state index in [4.69, 9.17) is 9.15 Å². The summed E-state index contributed by atoms with van der Waals surface area (Å²) < 4.78 is 10.7. The van der Waals surface area contributed by atoms with E-state index < -0.39 is 47.4 Å². The summed E-state index contributed by atoms with van der Waals surface area (Å²) in [7, 11) is 0. The van der Waals surface area contributed by atoms with Crippen molar-refractivity contribution in [1.29, 1.82) is 0 Å². The number of H-pyrrole nitrogens is 2. The Balaban J connectivity index is 1.16. The maximum atomic E-state index is 14.3. The lowest BCUT2D eigenvalue weighted by atomic mass is 10.0. The number of rotatable bonds is 13. The van der Waals surface area contributed by atoms with Crippen molar-refractivity contribution in [2.24, 2.45) is 0 Å². The molecule has 0 saturated heterocycles. The molecule has 55 heavy (non-hydrogen) atoms. The van der Waals surface area contributed by atoms with E-state index in [0.717, 1.165) is 32.9 Å². The van der Waals surface area contributed by atoms with E-state index in [0.29, 0.717) is 10.9 Å². The van der Waals surface area contributed by atoms with E-state index >= 15 is 0 Å². The number of fused-ring (bicyclic) bond motifs is 3. The van der Waals surface area contributed by atoms with Gasteiger partial charge in [-0.25, -0.2) is 9.59 Å². The molecule has 7 rings (SSSR count). The van der Waals surface area contributed by atoms with Crippen LogP contribution in [0.5, 0.6) is 5.75 Å². The number of aromatic hydroxyl groups is 1. The number of phenolic OH excluding ortho intramolecular Hbond substituents is 1. The normalized spacial score (nSPS) is 12.9. The predicted molar refractivity (Wildman–Crippen MR) is 205 cm³/mol. The highest BCUT2D eigenvalue weighted by Crippen LogP contribution is 2.22. The molecular formula is C42H37N5O8. The Bertz CT molecular complexity index is 2590. The Kier molecular flexibility index (Phi) is 10.4. The van der Waals surface area contributed by atoms with E-state index in [1.54, 1.807) is 12.4 Å². The van der Waals surface area contributed by atoms with Crippen LogP contribution in [-0.2, 0) is 38.6 Å². The number of ether oxygens (including phenoxy) is 1. The van der Waals surface area contributed by atoms with Gasteiger partial charge in [0.2, 0.25) is 11.8 Å². The van der Waals surface area contributed by atoms with E-state index in [1.165, 1.54) is 31.2 Å². The van der Waals surface area contributed by atoms with E-state index in [2.05, 4.69) is 25.9 Å². The van der Waals surface area contributed by atoms with E-state index in [1.807, 2.05) is 78.9 Å². The first kappa shape index (κ1) is 36.2. The molecule has 0 aliphatic heterocycles. The van der Waals surface area contributed by atoms with Crippen LogP contribution in [0.2, 0.25) is 0 Å². The van der Waals surface area contributed by atoms with Crippen LogP contribution in [0, 0.1) is 0 Å². The van der Waals surface area contributed by atoms with Gasteiger partial charge in [-0.3, -0.25) is 14.4 Å². The van der Waals surface area contributed by atoms with Gasteiger partial charge in [0.05, 0.1) is 0 Å². The Morgan fingerprint density at radius 1 is 0.727 bits per heavy atom. The van der Waals surface area contributed by atoms with Gasteiger partial charge in [-0.05, 0) is 53.9 Å². The van der Waals surface area contributed by atoms with Gasteiger partial charge >= 0.3 is 11.6 Å². The minimum absolute atomic E-state index is 0.0159. The lowest BCUT2D eigenvalue weighted by Crippen LogP contribution is -2.56. The Morgan fingerprint density at radius 3 is 1.96 bits per heavy atom. The van der Waals surface area contributed by atoms with Gasteiger partial charge in [0.25, 0.3) is 5.91 Å². The second-order valence-electron chi connectivity index (χ2n) is 13.2. The maximum absolute atomic E-state index is 14.3. The van der Waals surface area contributed by atoms with Crippen molar-refractivity contribution >= 4 is 56.5 Å². The molecule has 0 bridgehead atoms. The standard InChI is InChI=1S/C42H37N5O8/c1-24(41(52)54-23-25-9-3-2-4-10-25)45-39(50)35(18-27-21-43-33-13-7-5-11-30(27)33)47-40(51)36(19-28-22-44-34-14-8-6-12-31(28)34)46-38(49)32-17-26-15-16-29(48)20-37(26)55-42(32)53/h2-17,20-22,24,35-36,43-44,48H,18-19,23H2,1H3,(H,45,50)(H,46,49)(H,47,51)/t24-,35-,36-/m0/s1. The van der Waals surface area contributed by atoms with Crippen LogP contribution in [-0.4, -0.2) is 56.9 Å². The highest BCUT2D eigenvalue weighted by atomic mass is 16.5. The van der Waals surface area contributed by atoms with Gasteiger partial charge in [-0.15, -0.1) is 0 Å². The number of aromatic amines is 2. The highest BCUT2D eigenvalue weighted by Gasteiger charge is 2.31. The zero-order valence-electron chi connectivity index (χ0n) is 29.6. The molecule has 13 heteroatoms. The minimum atomic E-state index is -1.28. The van der Waals surface area contributed by atoms with E-state index in [-0.39, 0.29) is 36.3 Å². The van der Waals surface area contributed by atoms with Crippen molar-refractivity contribution in [3.05, 3.63) is 148 Å². The number of hydrogen-bond acceptors (Lipinski definition) is 8. The molecule has 0 aliphatic carbocycles. The second-order valence-corrected chi connectivity index (χ2v) is 13.2. The summed E-state index contributed by atoms with van der Waals surface area (Å²) in [6, 6.07) is 26.0. The zero-order valence-corrected chi connectivity index (χ0v) is 29.6. The number of nitrogens with one attached hydrogen (secondary N) is 5. The molecule has 278 valence electrons. The lowest BCUT2D eigenvalue weighted by Gasteiger charge is -2.24. The molecular weight excluding hydrogens is 702 g/mol. The number of esters is 1. The Morgan fingerprint density at radius 2 is 1.31 bits per heavy atom. The van der Waals surface area contributed by atoms with Gasteiger partial charge in [0.1, 0.15) is 41.6 Å². The summed E-state index contributed by atoms with van der Waals surface area (Å²) in [5, 5.41) is 20.0. The smallest absolute Gasteiger partial charge is 0.349 e. The van der Waals surface area contributed by atoms with Gasteiger partial charge in [0.15, 0.2) is 0 Å². The molecule has 0 saturated carbocycles. The van der Waals surface area contributed by atoms with Crippen LogP contribution in [0.4, 0.5) is 0 Å². The predicted octanol–water partition coefficient (Wildman–Crippen LogP) is 4.78. The average molecular weight is 740 g/mol. The molecule has 0 fully saturated rings. The number of hydrogen-bond donors (Lipinski definition) is 6. The number of benzene rings is 4. The molecule has 3 aromatic heterocycles. The minimum Gasteiger partial charge on any atom is -0.508 e. The molecule has 0 radical (unpaired) electrons.